The van der Waals surface area contributed by atoms with Gasteiger partial charge in [0.1, 0.15) is 5.84 Å². The van der Waals surface area contributed by atoms with E-state index in [1.54, 1.807) is 36.7 Å². The van der Waals surface area contributed by atoms with Crippen LogP contribution in [0, 0.1) is 6.92 Å². The van der Waals surface area contributed by atoms with E-state index in [0.29, 0.717) is 17.1 Å². The van der Waals surface area contributed by atoms with Crippen LogP contribution in [0.4, 0.5) is 0 Å². The Kier molecular flexibility index (Phi) is 2.98. The van der Waals surface area contributed by atoms with E-state index >= 15 is 0 Å². The molecule has 0 radical (unpaired) electrons. The van der Waals surface area contributed by atoms with Crippen LogP contribution in [0.15, 0.2) is 46.5 Å². The standard InChI is InChI=1S/C13H12N4O2S/c1-9-6-15-10(7-14-9)8-16-13-11-4-2-3-5-12(11)20(18,19)17-13/h2-7H,8H2,1H3,(H,16,17). The summed E-state index contributed by atoms with van der Waals surface area (Å²) in [5, 5.41) is 0. The number of fused-ring (bicyclic) bond motifs is 1. The zero-order valence-electron chi connectivity index (χ0n) is 10.7. The molecule has 0 atom stereocenters. The van der Waals surface area contributed by atoms with Gasteiger partial charge in [-0.3, -0.25) is 19.7 Å². The molecule has 0 amide bonds. The third-order valence-corrected chi connectivity index (χ3v) is 4.29. The van der Waals surface area contributed by atoms with Crippen LogP contribution in [0.2, 0.25) is 0 Å². The molecule has 0 bridgehead atoms. The highest BCUT2D eigenvalue weighted by Gasteiger charge is 2.29. The fraction of sp³-hybridized carbons (Fsp3) is 0.154. The molecule has 0 saturated carbocycles. The molecule has 0 fully saturated rings. The number of hydrogen-bond acceptors (Lipinski definition) is 5. The van der Waals surface area contributed by atoms with Crippen LogP contribution in [0.1, 0.15) is 17.0 Å². The number of aromatic nitrogens is 2. The Morgan fingerprint density at radius 1 is 1.20 bits per heavy atom. The number of nitrogens with zero attached hydrogens (tertiary/aromatic N) is 3. The van der Waals surface area contributed by atoms with Gasteiger partial charge < -0.3 is 0 Å². The minimum atomic E-state index is -3.48. The molecule has 1 N–H and O–H groups in total. The van der Waals surface area contributed by atoms with E-state index in [2.05, 4.69) is 19.7 Å². The van der Waals surface area contributed by atoms with Crippen molar-refractivity contribution in [3.05, 3.63) is 53.6 Å². The highest BCUT2D eigenvalue weighted by molar-refractivity contribution is 7.90. The van der Waals surface area contributed by atoms with Gasteiger partial charge in [0.25, 0.3) is 10.0 Å². The van der Waals surface area contributed by atoms with Crippen molar-refractivity contribution in [2.24, 2.45) is 4.99 Å². The van der Waals surface area contributed by atoms with Crippen molar-refractivity contribution in [3.63, 3.8) is 0 Å². The summed E-state index contributed by atoms with van der Waals surface area (Å²) in [6.07, 6.45) is 3.29. The van der Waals surface area contributed by atoms with Gasteiger partial charge in [-0.1, -0.05) is 12.1 Å². The van der Waals surface area contributed by atoms with Crippen molar-refractivity contribution in [1.29, 1.82) is 0 Å². The molecule has 2 heterocycles. The van der Waals surface area contributed by atoms with Crippen LogP contribution in [-0.2, 0) is 16.6 Å². The van der Waals surface area contributed by atoms with Gasteiger partial charge in [0.05, 0.1) is 29.0 Å². The first-order valence-electron chi connectivity index (χ1n) is 6.00. The van der Waals surface area contributed by atoms with Gasteiger partial charge in [0, 0.05) is 11.8 Å². The van der Waals surface area contributed by atoms with E-state index < -0.39 is 10.0 Å². The van der Waals surface area contributed by atoms with Crippen LogP contribution in [0.5, 0.6) is 0 Å². The molecular weight excluding hydrogens is 276 g/mol. The lowest BCUT2D eigenvalue weighted by Crippen LogP contribution is -2.22. The van der Waals surface area contributed by atoms with E-state index in [1.165, 1.54) is 0 Å². The maximum atomic E-state index is 11.9. The second kappa shape index (κ2) is 4.68. The van der Waals surface area contributed by atoms with Gasteiger partial charge in [-0.15, -0.1) is 0 Å². The minimum absolute atomic E-state index is 0.258. The number of aryl methyl sites for hydroxylation is 1. The number of rotatable bonds is 2. The second-order valence-electron chi connectivity index (χ2n) is 4.42. The maximum absolute atomic E-state index is 11.9. The van der Waals surface area contributed by atoms with E-state index in [1.807, 2.05) is 6.92 Å². The summed E-state index contributed by atoms with van der Waals surface area (Å²) in [6.45, 7) is 2.13. The third kappa shape index (κ3) is 2.27. The predicted octanol–water partition coefficient (Wildman–Crippen LogP) is 1.02. The van der Waals surface area contributed by atoms with Crippen molar-refractivity contribution >= 4 is 15.9 Å². The number of benzene rings is 1. The lowest BCUT2D eigenvalue weighted by atomic mass is 10.2. The molecule has 102 valence electrons. The van der Waals surface area contributed by atoms with Crippen LogP contribution < -0.4 is 4.72 Å². The molecule has 7 heteroatoms. The summed E-state index contributed by atoms with van der Waals surface area (Å²) in [7, 11) is -3.48. The molecule has 20 heavy (non-hydrogen) atoms. The Morgan fingerprint density at radius 3 is 2.75 bits per heavy atom. The highest BCUT2D eigenvalue weighted by atomic mass is 32.2. The van der Waals surface area contributed by atoms with Gasteiger partial charge in [-0.2, -0.15) is 0 Å². The molecule has 0 saturated heterocycles. The molecular formula is C13H12N4O2S. The average molecular weight is 288 g/mol. The fourth-order valence-corrected chi connectivity index (χ4v) is 3.16. The van der Waals surface area contributed by atoms with Crippen LogP contribution in [0.25, 0.3) is 0 Å². The van der Waals surface area contributed by atoms with Crippen LogP contribution in [0.3, 0.4) is 0 Å². The molecule has 3 rings (SSSR count). The minimum Gasteiger partial charge on any atom is -0.263 e. The summed E-state index contributed by atoms with van der Waals surface area (Å²) in [6, 6.07) is 6.76. The monoisotopic (exact) mass is 288 g/mol. The Hall–Kier alpha value is -2.28. The highest BCUT2D eigenvalue weighted by Crippen LogP contribution is 2.22. The number of nitrogens with one attached hydrogen (secondary N) is 1. The van der Waals surface area contributed by atoms with Gasteiger partial charge >= 0.3 is 0 Å². The van der Waals surface area contributed by atoms with Crippen molar-refractivity contribution in [1.82, 2.24) is 14.7 Å². The molecule has 1 aromatic heterocycles. The first-order chi connectivity index (χ1) is 9.56. The molecule has 0 unspecified atom stereocenters. The Labute approximate surface area is 116 Å². The summed E-state index contributed by atoms with van der Waals surface area (Å²) in [4.78, 5) is 12.9. The molecule has 1 aliphatic rings. The SMILES string of the molecule is Cc1cnc(CN=C2NS(=O)(=O)c3ccccc32)cn1. The van der Waals surface area contributed by atoms with Crippen molar-refractivity contribution in [2.45, 2.75) is 18.4 Å². The van der Waals surface area contributed by atoms with Crippen LogP contribution >= 0.6 is 0 Å². The van der Waals surface area contributed by atoms with Gasteiger partial charge in [0.15, 0.2) is 0 Å². The first kappa shape index (κ1) is 12.7. The van der Waals surface area contributed by atoms with E-state index in [4.69, 9.17) is 0 Å². The molecule has 1 aliphatic heterocycles. The molecule has 1 aromatic carbocycles. The summed E-state index contributed by atoms with van der Waals surface area (Å²) in [5.74, 6) is 0.350. The van der Waals surface area contributed by atoms with Gasteiger partial charge in [0.2, 0.25) is 0 Å². The first-order valence-corrected chi connectivity index (χ1v) is 7.49. The Morgan fingerprint density at radius 2 is 2.00 bits per heavy atom. The quantitative estimate of drug-likeness (QED) is 0.894. The van der Waals surface area contributed by atoms with E-state index in [9.17, 15) is 8.42 Å². The summed E-state index contributed by atoms with van der Waals surface area (Å²) in [5.41, 5.74) is 2.10. The lowest BCUT2D eigenvalue weighted by molar-refractivity contribution is 0.595. The smallest absolute Gasteiger partial charge is 0.263 e. The summed E-state index contributed by atoms with van der Waals surface area (Å²) >= 11 is 0. The third-order valence-electron chi connectivity index (χ3n) is 2.90. The molecule has 6 nitrogen and oxygen atoms in total. The topological polar surface area (TPSA) is 84.3 Å². The largest absolute Gasteiger partial charge is 0.263 e. The van der Waals surface area contributed by atoms with Crippen molar-refractivity contribution < 1.29 is 8.42 Å². The van der Waals surface area contributed by atoms with Crippen molar-refractivity contribution in [3.8, 4) is 0 Å². The number of hydrogen-bond donors (Lipinski definition) is 1. The fourth-order valence-electron chi connectivity index (χ4n) is 1.91. The maximum Gasteiger partial charge on any atom is 0.263 e. The second-order valence-corrected chi connectivity index (χ2v) is 6.07. The Balaban J connectivity index is 1.92. The van der Waals surface area contributed by atoms with Crippen LogP contribution in [-0.4, -0.2) is 24.2 Å². The predicted molar refractivity (Wildman–Crippen MR) is 73.8 cm³/mol. The number of aliphatic imine (C=N–C) groups is 1. The number of sulfonamides is 1. The normalized spacial score (nSPS) is 17.8. The van der Waals surface area contributed by atoms with E-state index in [-0.39, 0.29) is 11.4 Å². The van der Waals surface area contributed by atoms with Gasteiger partial charge in [-0.05, 0) is 19.1 Å². The number of amidine groups is 1. The molecule has 0 spiro atoms. The zero-order valence-corrected chi connectivity index (χ0v) is 11.6. The van der Waals surface area contributed by atoms with Crippen molar-refractivity contribution in [2.75, 3.05) is 0 Å². The Bertz CT molecular complexity index is 782. The molecule has 2 aromatic rings. The lowest BCUT2D eigenvalue weighted by Gasteiger charge is -1.99. The molecule has 0 aliphatic carbocycles. The average Bonchev–Trinajstić information content (AvgIpc) is 2.70. The summed E-state index contributed by atoms with van der Waals surface area (Å²) < 4.78 is 26.3. The van der Waals surface area contributed by atoms with Gasteiger partial charge in [-0.25, -0.2) is 8.42 Å². The van der Waals surface area contributed by atoms with E-state index in [0.717, 1.165) is 5.69 Å². The zero-order chi connectivity index (χ0) is 14.2.